The first-order valence-electron chi connectivity index (χ1n) is 6.21. The summed E-state index contributed by atoms with van der Waals surface area (Å²) in [5, 5.41) is 5.45. The summed E-state index contributed by atoms with van der Waals surface area (Å²) in [6.45, 7) is 2.24. The molecule has 3 rings (SSSR count). The van der Waals surface area contributed by atoms with Crippen molar-refractivity contribution in [2.45, 2.75) is 18.8 Å². The molecule has 0 bridgehead atoms. The molecule has 0 aliphatic carbocycles. The number of piperidine rings is 1. The van der Waals surface area contributed by atoms with Crippen LogP contribution in [0.4, 0.5) is 0 Å². The Hall–Kier alpha value is -0.990. The highest BCUT2D eigenvalue weighted by atomic mass is 35.5. The van der Waals surface area contributed by atoms with Gasteiger partial charge in [-0.15, -0.1) is 0 Å². The van der Waals surface area contributed by atoms with E-state index >= 15 is 0 Å². The minimum absolute atomic E-state index is 0.660. The van der Waals surface area contributed by atoms with E-state index in [0.29, 0.717) is 5.92 Å². The van der Waals surface area contributed by atoms with E-state index in [0.717, 1.165) is 23.5 Å². The molecule has 1 N–H and O–H groups in total. The maximum Gasteiger partial charge on any atom is 0.0502 e. The van der Waals surface area contributed by atoms with Crippen LogP contribution in [0.15, 0.2) is 24.4 Å². The van der Waals surface area contributed by atoms with E-state index in [1.807, 2.05) is 0 Å². The summed E-state index contributed by atoms with van der Waals surface area (Å²) < 4.78 is 2.14. The lowest BCUT2D eigenvalue weighted by molar-refractivity contribution is 0.460. The van der Waals surface area contributed by atoms with Crippen LogP contribution >= 0.6 is 11.6 Å². The normalized spacial score (nSPS) is 17.8. The zero-order chi connectivity index (χ0) is 11.8. The Morgan fingerprint density at radius 2 is 2.06 bits per heavy atom. The molecule has 1 aliphatic rings. The number of hydrogen-bond acceptors (Lipinski definition) is 1. The molecule has 3 heteroatoms. The highest BCUT2D eigenvalue weighted by Gasteiger charge is 2.17. The molecule has 2 aromatic rings. The smallest absolute Gasteiger partial charge is 0.0502 e. The van der Waals surface area contributed by atoms with Gasteiger partial charge in [0.2, 0.25) is 0 Å². The minimum Gasteiger partial charge on any atom is -0.350 e. The molecule has 0 unspecified atom stereocenters. The van der Waals surface area contributed by atoms with Crippen molar-refractivity contribution in [1.82, 2.24) is 9.88 Å². The van der Waals surface area contributed by atoms with Gasteiger partial charge in [-0.1, -0.05) is 11.6 Å². The molecule has 2 nitrogen and oxygen atoms in total. The van der Waals surface area contributed by atoms with Gasteiger partial charge in [0, 0.05) is 24.1 Å². The zero-order valence-corrected chi connectivity index (χ0v) is 10.8. The molecule has 1 aromatic heterocycles. The highest BCUT2D eigenvalue weighted by molar-refractivity contribution is 6.35. The number of fused-ring (bicyclic) bond motifs is 1. The second kappa shape index (κ2) is 4.35. The molecule has 1 saturated heterocycles. The third-order valence-electron chi connectivity index (χ3n) is 3.79. The van der Waals surface area contributed by atoms with Gasteiger partial charge in [0.25, 0.3) is 0 Å². The summed E-state index contributed by atoms with van der Waals surface area (Å²) in [6.07, 6.45) is 4.50. The number of rotatable bonds is 1. The molecule has 1 fully saturated rings. The van der Waals surface area contributed by atoms with Gasteiger partial charge >= 0.3 is 0 Å². The van der Waals surface area contributed by atoms with Crippen molar-refractivity contribution in [1.29, 1.82) is 0 Å². The molecule has 0 saturated carbocycles. The Labute approximate surface area is 107 Å². The fourth-order valence-corrected chi connectivity index (χ4v) is 3.02. The Balaban J connectivity index is 2.07. The predicted molar refractivity (Wildman–Crippen MR) is 72.8 cm³/mol. The van der Waals surface area contributed by atoms with Gasteiger partial charge in [0.1, 0.15) is 0 Å². The van der Waals surface area contributed by atoms with Gasteiger partial charge in [-0.05, 0) is 55.6 Å². The average Bonchev–Trinajstić information content (AvgIpc) is 2.73. The van der Waals surface area contributed by atoms with Gasteiger partial charge in [-0.25, -0.2) is 0 Å². The molecule has 17 heavy (non-hydrogen) atoms. The Morgan fingerprint density at radius 3 is 2.82 bits per heavy atom. The first kappa shape index (κ1) is 11.1. The molecule has 1 aromatic carbocycles. The molecule has 0 amide bonds. The highest BCUT2D eigenvalue weighted by Crippen LogP contribution is 2.32. The van der Waals surface area contributed by atoms with Gasteiger partial charge in [0.15, 0.2) is 0 Å². The summed E-state index contributed by atoms with van der Waals surface area (Å²) in [7, 11) is 2.07. The van der Waals surface area contributed by atoms with E-state index in [1.165, 1.54) is 23.9 Å². The van der Waals surface area contributed by atoms with Crippen molar-refractivity contribution in [2.75, 3.05) is 13.1 Å². The lowest BCUT2D eigenvalue weighted by atomic mass is 9.90. The summed E-state index contributed by atoms with van der Waals surface area (Å²) >= 11 is 6.37. The lowest BCUT2D eigenvalue weighted by Crippen LogP contribution is -2.26. The zero-order valence-electron chi connectivity index (χ0n) is 10.0. The van der Waals surface area contributed by atoms with Crippen LogP contribution in [-0.2, 0) is 7.05 Å². The van der Waals surface area contributed by atoms with E-state index < -0.39 is 0 Å². The van der Waals surface area contributed by atoms with Crippen molar-refractivity contribution < 1.29 is 0 Å². The van der Waals surface area contributed by atoms with E-state index in [4.69, 9.17) is 11.6 Å². The van der Waals surface area contributed by atoms with Crippen LogP contribution in [0.5, 0.6) is 0 Å². The molecule has 0 atom stereocenters. The number of halogens is 1. The molecule has 0 radical (unpaired) electrons. The fourth-order valence-electron chi connectivity index (χ4n) is 2.74. The number of nitrogens with one attached hydrogen (secondary N) is 1. The maximum atomic E-state index is 6.37. The summed E-state index contributed by atoms with van der Waals surface area (Å²) in [5.41, 5.74) is 2.64. The molecule has 2 heterocycles. The van der Waals surface area contributed by atoms with Crippen molar-refractivity contribution in [3.63, 3.8) is 0 Å². The number of hydrogen-bond donors (Lipinski definition) is 1. The van der Waals surface area contributed by atoms with Crippen LogP contribution in [0.25, 0.3) is 10.9 Å². The summed E-state index contributed by atoms with van der Waals surface area (Å²) in [6, 6.07) is 6.54. The number of aromatic nitrogens is 1. The number of benzene rings is 1. The third kappa shape index (κ3) is 1.96. The molecule has 1 aliphatic heterocycles. The Kier molecular flexibility index (Phi) is 2.85. The van der Waals surface area contributed by atoms with Crippen LogP contribution in [0.3, 0.4) is 0 Å². The second-order valence-corrected chi connectivity index (χ2v) is 5.29. The van der Waals surface area contributed by atoms with Crippen molar-refractivity contribution in [3.8, 4) is 0 Å². The van der Waals surface area contributed by atoms with Crippen LogP contribution in [0.2, 0.25) is 5.02 Å². The van der Waals surface area contributed by atoms with Crippen LogP contribution in [0, 0.1) is 0 Å². The molecular weight excluding hydrogens is 232 g/mol. The van der Waals surface area contributed by atoms with Crippen LogP contribution < -0.4 is 5.32 Å². The van der Waals surface area contributed by atoms with E-state index in [2.05, 4.69) is 41.3 Å². The third-order valence-corrected chi connectivity index (χ3v) is 4.10. The lowest BCUT2D eigenvalue weighted by Gasteiger charge is -2.23. The fraction of sp³-hybridized carbons (Fsp3) is 0.429. The van der Waals surface area contributed by atoms with Gasteiger partial charge in [-0.3, -0.25) is 0 Å². The topological polar surface area (TPSA) is 17.0 Å². The largest absolute Gasteiger partial charge is 0.350 e. The first-order valence-corrected chi connectivity index (χ1v) is 6.58. The van der Waals surface area contributed by atoms with Crippen molar-refractivity contribution >= 4 is 22.5 Å². The van der Waals surface area contributed by atoms with E-state index in [1.54, 1.807) is 0 Å². The molecule has 90 valence electrons. The summed E-state index contributed by atoms with van der Waals surface area (Å²) in [4.78, 5) is 0. The first-order chi connectivity index (χ1) is 8.25. The van der Waals surface area contributed by atoms with Crippen molar-refractivity contribution in [3.05, 3.63) is 35.0 Å². The van der Waals surface area contributed by atoms with E-state index in [9.17, 15) is 0 Å². The van der Waals surface area contributed by atoms with Gasteiger partial charge in [0.05, 0.1) is 5.02 Å². The Morgan fingerprint density at radius 1 is 1.29 bits per heavy atom. The molecule has 0 spiro atoms. The maximum absolute atomic E-state index is 6.37. The van der Waals surface area contributed by atoms with Crippen molar-refractivity contribution in [2.24, 2.45) is 7.05 Å². The van der Waals surface area contributed by atoms with Crippen LogP contribution in [-0.4, -0.2) is 17.7 Å². The standard InChI is InChI=1S/C14H17ClN2/c1-17-7-4-12-13(15)8-11(9-14(12)17)10-2-5-16-6-3-10/h4,7-10,16H,2-3,5-6H2,1H3. The summed E-state index contributed by atoms with van der Waals surface area (Å²) in [5.74, 6) is 0.660. The molecular formula is C14H17ClN2. The second-order valence-electron chi connectivity index (χ2n) is 4.89. The number of aryl methyl sites for hydroxylation is 1. The predicted octanol–water partition coefficient (Wildman–Crippen LogP) is 3.30. The quantitative estimate of drug-likeness (QED) is 0.820. The number of nitrogens with zero attached hydrogens (tertiary/aromatic N) is 1. The van der Waals surface area contributed by atoms with Gasteiger partial charge < -0.3 is 9.88 Å². The average molecular weight is 249 g/mol. The monoisotopic (exact) mass is 248 g/mol. The SMILES string of the molecule is Cn1ccc2c(Cl)cc(C3CCNCC3)cc21. The Bertz CT molecular complexity index is 538. The minimum atomic E-state index is 0.660. The van der Waals surface area contributed by atoms with E-state index in [-0.39, 0.29) is 0 Å². The van der Waals surface area contributed by atoms with Gasteiger partial charge in [-0.2, -0.15) is 0 Å². The van der Waals surface area contributed by atoms with Crippen LogP contribution in [0.1, 0.15) is 24.3 Å².